The molecule has 1 heterocycles. The average molecular weight is 294 g/mol. The second-order valence-corrected chi connectivity index (χ2v) is 3.75. The van der Waals surface area contributed by atoms with Gasteiger partial charge in [0.2, 0.25) is 0 Å². The predicted octanol–water partition coefficient (Wildman–Crippen LogP) is -0.660. The first-order chi connectivity index (χ1) is 9.93. The van der Waals surface area contributed by atoms with E-state index >= 15 is 0 Å². The molecule has 0 fully saturated rings. The summed E-state index contributed by atoms with van der Waals surface area (Å²) in [6.07, 6.45) is 0. The van der Waals surface area contributed by atoms with Crippen LogP contribution in [-0.2, 0) is 4.79 Å². The van der Waals surface area contributed by atoms with Crippen LogP contribution in [0.5, 0.6) is 12.0 Å². The lowest BCUT2D eigenvalue weighted by Gasteiger charge is -1.99. The molecule has 9 heteroatoms. The molecule has 1 aromatic carbocycles. The summed E-state index contributed by atoms with van der Waals surface area (Å²) in [5, 5.41) is 34.0. The zero-order valence-electron chi connectivity index (χ0n) is 10.8. The highest BCUT2D eigenvalue weighted by Crippen LogP contribution is 2.17. The standard InChI is InChI=1S/C9H7N3O2.C3H7NO3/c13-8-10-7(11-9(14)12-8)6-4-2-1-3-5-6;4-2(1-5)3(6)7/h1-5H,(H2,10,11,12,13,14);2,5H,1,4H2,(H,6,7). The average Bonchev–Trinajstić information content (AvgIpc) is 2.47. The molecule has 0 spiro atoms. The molecule has 0 bridgehead atoms. The van der Waals surface area contributed by atoms with Crippen molar-refractivity contribution in [2.75, 3.05) is 6.61 Å². The van der Waals surface area contributed by atoms with E-state index < -0.39 is 30.6 Å². The molecule has 0 saturated heterocycles. The zero-order chi connectivity index (χ0) is 15.8. The number of carboxylic acids is 1. The van der Waals surface area contributed by atoms with Gasteiger partial charge in [-0.2, -0.15) is 9.97 Å². The van der Waals surface area contributed by atoms with Gasteiger partial charge in [0.1, 0.15) is 6.04 Å². The molecule has 1 aromatic heterocycles. The van der Waals surface area contributed by atoms with E-state index in [9.17, 15) is 4.79 Å². The minimum Gasteiger partial charge on any atom is -0.480 e. The van der Waals surface area contributed by atoms with E-state index in [0.717, 1.165) is 0 Å². The molecule has 0 amide bonds. The van der Waals surface area contributed by atoms with Gasteiger partial charge in [0.15, 0.2) is 5.82 Å². The topological polar surface area (TPSA) is 163 Å². The number of aromatic hydroxyl groups is 2. The molecule has 0 radical (unpaired) electrons. The Balaban J connectivity index is 0.000000270. The molecule has 9 nitrogen and oxygen atoms in total. The normalized spacial score (nSPS) is 11.1. The van der Waals surface area contributed by atoms with Crippen molar-refractivity contribution in [2.24, 2.45) is 5.73 Å². The number of aliphatic hydroxyl groups is 1. The molecule has 1 atom stereocenters. The lowest BCUT2D eigenvalue weighted by atomic mass is 10.2. The minimum absolute atomic E-state index is 0.246. The molecule has 112 valence electrons. The fourth-order valence-corrected chi connectivity index (χ4v) is 1.15. The van der Waals surface area contributed by atoms with E-state index in [4.69, 9.17) is 26.2 Å². The zero-order valence-corrected chi connectivity index (χ0v) is 10.8. The number of hydrogen-bond acceptors (Lipinski definition) is 8. The van der Waals surface area contributed by atoms with Gasteiger partial charge in [-0.3, -0.25) is 4.79 Å². The summed E-state index contributed by atoms with van der Waals surface area (Å²) in [6.45, 7) is -0.505. The number of nitrogens with zero attached hydrogens (tertiary/aromatic N) is 3. The highest BCUT2D eigenvalue weighted by molar-refractivity contribution is 5.73. The van der Waals surface area contributed by atoms with Gasteiger partial charge in [-0.15, -0.1) is 4.98 Å². The van der Waals surface area contributed by atoms with Crippen LogP contribution >= 0.6 is 0 Å². The minimum atomic E-state index is -1.18. The van der Waals surface area contributed by atoms with Crippen molar-refractivity contribution in [3.63, 3.8) is 0 Å². The monoisotopic (exact) mass is 294 g/mol. The van der Waals surface area contributed by atoms with Crippen LogP contribution in [0.3, 0.4) is 0 Å². The third-order valence-electron chi connectivity index (χ3n) is 2.16. The summed E-state index contributed by atoms with van der Waals surface area (Å²) in [7, 11) is 0. The van der Waals surface area contributed by atoms with Gasteiger partial charge >= 0.3 is 18.0 Å². The third-order valence-corrected chi connectivity index (χ3v) is 2.16. The quantitative estimate of drug-likeness (QED) is 0.494. The van der Waals surface area contributed by atoms with Crippen LogP contribution in [0.1, 0.15) is 0 Å². The molecule has 1 unspecified atom stereocenters. The number of benzene rings is 1. The maximum atomic E-state index is 9.65. The Hall–Kier alpha value is -2.78. The lowest BCUT2D eigenvalue weighted by Crippen LogP contribution is -2.33. The Labute approximate surface area is 119 Å². The van der Waals surface area contributed by atoms with Gasteiger partial charge in [0.25, 0.3) is 0 Å². The second kappa shape index (κ2) is 7.72. The lowest BCUT2D eigenvalue weighted by molar-refractivity contribution is -0.139. The van der Waals surface area contributed by atoms with E-state index in [1.54, 1.807) is 12.1 Å². The van der Waals surface area contributed by atoms with E-state index in [1.165, 1.54) is 0 Å². The maximum absolute atomic E-state index is 9.65. The van der Waals surface area contributed by atoms with Crippen molar-refractivity contribution in [3.05, 3.63) is 30.3 Å². The maximum Gasteiger partial charge on any atom is 0.322 e. The van der Waals surface area contributed by atoms with Gasteiger partial charge in [0, 0.05) is 5.56 Å². The number of aliphatic carboxylic acids is 1. The molecule has 21 heavy (non-hydrogen) atoms. The van der Waals surface area contributed by atoms with Crippen molar-refractivity contribution in [1.29, 1.82) is 0 Å². The largest absolute Gasteiger partial charge is 0.480 e. The van der Waals surface area contributed by atoms with Crippen LogP contribution in [0, 0.1) is 0 Å². The number of aliphatic hydroxyl groups excluding tert-OH is 1. The summed E-state index contributed by atoms with van der Waals surface area (Å²) < 4.78 is 0. The molecule has 2 aromatic rings. The summed E-state index contributed by atoms with van der Waals surface area (Å²) >= 11 is 0. The van der Waals surface area contributed by atoms with Crippen LogP contribution in [0.4, 0.5) is 0 Å². The fraction of sp³-hybridized carbons (Fsp3) is 0.167. The van der Waals surface area contributed by atoms with Gasteiger partial charge in [-0.1, -0.05) is 30.3 Å². The van der Waals surface area contributed by atoms with Crippen molar-refractivity contribution in [2.45, 2.75) is 6.04 Å². The fourth-order valence-electron chi connectivity index (χ4n) is 1.15. The first kappa shape index (κ1) is 16.3. The van der Waals surface area contributed by atoms with Gasteiger partial charge in [-0.05, 0) is 0 Å². The van der Waals surface area contributed by atoms with Crippen LogP contribution < -0.4 is 5.73 Å². The number of carboxylic acid groups (broad SMARTS) is 1. The Kier molecular flexibility index (Phi) is 5.99. The van der Waals surface area contributed by atoms with Crippen molar-refractivity contribution < 1.29 is 25.2 Å². The predicted molar refractivity (Wildman–Crippen MR) is 71.3 cm³/mol. The van der Waals surface area contributed by atoms with E-state index in [0.29, 0.717) is 5.56 Å². The smallest absolute Gasteiger partial charge is 0.322 e. The van der Waals surface area contributed by atoms with E-state index in [1.807, 2.05) is 18.2 Å². The number of nitrogens with two attached hydrogens (primary N) is 1. The Morgan fingerprint density at radius 2 is 1.62 bits per heavy atom. The highest BCUT2D eigenvalue weighted by atomic mass is 16.4. The Morgan fingerprint density at radius 1 is 1.10 bits per heavy atom. The van der Waals surface area contributed by atoms with Crippen molar-refractivity contribution in [1.82, 2.24) is 15.0 Å². The first-order valence-corrected chi connectivity index (χ1v) is 5.72. The second-order valence-electron chi connectivity index (χ2n) is 3.75. The molecular weight excluding hydrogens is 280 g/mol. The van der Waals surface area contributed by atoms with Crippen LogP contribution in [0.25, 0.3) is 11.4 Å². The van der Waals surface area contributed by atoms with E-state index in [2.05, 4.69) is 15.0 Å². The van der Waals surface area contributed by atoms with Gasteiger partial charge < -0.3 is 26.2 Å². The van der Waals surface area contributed by atoms with Crippen LogP contribution in [-0.4, -0.2) is 54.0 Å². The van der Waals surface area contributed by atoms with Crippen LogP contribution in [0.2, 0.25) is 0 Å². The number of hydrogen-bond donors (Lipinski definition) is 5. The molecule has 6 N–H and O–H groups in total. The molecule has 0 aliphatic carbocycles. The van der Waals surface area contributed by atoms with Gasteiger partial charge in [-0.25, -0.2) is 0 Å². The number of carbonyl (C=O) groups is 1. The number of rotatable bonds is 3. The summed E-state index contributed by atoms with van der Waals surface area (Å²) in [4.78, 5) is 20.2. The summed E-state index contributed by atoms with van der Waals surface area (Å²) in [5.41, 5.74) is 5.48. The molecule has 0 saturated carbocycles. The van der Waals surface area contributed by atoms with Gasteiger partial charge in [0.05, 0.1) is 6.61 Å². The SMILES string of the molecule is NC(CO)C(=O)O.Oc1nc(O)nc(-c2ccccc2)n1. The highest BCUT2D eigenvalue weighted by Gasteiger charge is 2.07. The van der Waals surface area contributed by atoms with E-state index in [-0.39, 0.29) is 5.82 Å². The third kappa shape index (κ3) is 5.38. The molecular formula is C12H14N4O5. The molecule has 0 aliphatic rings. The van der Waals surface area contributed by atoms with Crippen molar-refractivity contribution in [3.8, 4) is 23.4 Å². The molecule has 0 aliphatic heterocycles. The Morgan fingerprint density at radius 3 is 2.00 bits per heavy atom. The first-order valence-electron chi connectivity index (χ1n) is 5.72. The number of aromatic nitrogens is 3. The molecule has 2 rings (SSSR count). The van der Waals surface area contributed by atoms with Crippen LogP contribution in [0.15, 0.2) is 30.3 Å². The summed E-state index contributed by atoms with van der Waals surface area (Å²) in [5.74, 6) is -0.932. The van der Waals surface area contributed by atoms with Crippen molar-refractivity contribution >= 4 is 5.97 Å². The summed E-state index contributed by atoms with van der Waals surface area (Å²) in [6, 6.07) is 6.92. The Bertz CT molecular complexity index is 573.